The smallest absolute Gasteiger partial charge is 0.411 e. The molecule has 61 heavy (non-hydrogen) atoms. The number of anilines is 1. The third-order valence-corrected chi connectivity index (χ3v) is 17.2. The Morgan fingerprint density at radius 1 is 0.918 bits per heavy atom. The molecule has 4 N–H and O–H groups in total. The van der Waals surface area contributed by atoms with Gasteiger partial charge in [-0.3, -0.25) is 19.7 Å². The molecule has 2 aliphatic rings. The highest BCUT2D eigenvalue weighted by atomic mass is 28.4. The average molecular weight is 853 g/mol. The molecule has 1 aromatic heterocycles. The summed E-state index contributed by atoms with van der Waals surface area (Å²) in [7, 11) is -0.393. The summed E-state index contributed by atoms with van der Waals surface area (Å²) in [6.07, 6.45) is 2.14. The van der Waals surface area contributed by atoms with Gasteiger partial charge in [-0.1, -0.05) is 75.4 Å². The van der Waals surface area contributed by atoms with E-state index in [2.05, 4.69) is 54.4 Å². The molecular weight excluding hydrogens is 789 g/mol. The molecule has 14 heteroatoms. The summed E-state index contributed by atoms with van der Waals surface area (Å²) in [4.78, 5) is 60.3. The zero-order chi connectivity index (χ0) is 43.7. The van der Waals surface area contributed by atoms with Crippen LogP contribution in [-0.2, 0) is 18.8 Å². The number of benzene rings is 3. The Labute approximate surface area is 360 Å². The number of pyridine rings is 1. The van der Waals surface area contributed by atoms with Crippen LogP contribution >= 0.6 is 0 Å². The number of phenolic OH excluding ortho intramolecular Hbond substituents is 1. The Morgan fingerprint density at radius 2 is 1.61 bits per heavy atom. The van der Waals surface area contributed by atoms with Gasteiger partial charge in [0.15, 0.2) is 8.32 Å². The van der Waals surface area contributed by atoms with E-state index in [9.17, 15) is 24.3 Å². The number of carbonyl (C=O) groups is 3. The molecule has 0 bridgehead atoms. The van der Waals surface area contributed by atoms with Crippen LogP contribution in [0.5, 0.6) is 5.75 Å². The van der Waals surface area contributed by atoms with Crippen LogP contribution in [0.25, 0.3) is 22.0 Å². The van der Waals surface area contributed by atoms with Crippen LogP contribution in [0.15, 0.2) is 83.7 Å². The highest BCUT2D eigenvalue weighted by molar-refractivity contribution is 6.74. The minimum Gasteiger partial charge on any atom is -0.506 e. The number of nitrogens with zero attached hydrogens (tertiary/aromatic N) is 3. The number of carbonyl (C=O) groups excluding carboxylic acids is 3. The number of amides is 3. The number of fused-ring (bicyclic) bond motifs is 1. The van der Waals surface area contributed by atoms with Gasteiger partial charge in [0.25, 0.3) is 0 Å². The summed E-state index contributed by atoms with van der Waals surface area (Å²) in [6.45, 7) is 15.8. The van der Waals surface area contributed by atoms with Gasteiger partial charge in [-0.05, 0) is 73.1 Å². The predicted octanol–water partition coefficient (Wildman–Crippen LogP) is 7.35. The second-order valence-corrected chi connectivity index (χ2v) is 22.8. The van der Waals surface area contributed by atoms with Crippen LogP contribution in [0.3, 0.4) is 0 Å². The first-order valence-corrected chi connectivity index (χ1v) is 24.6. The van der Waals surface area contributed by atoms with E-state index in [0.717, 1.165) is 35.2 Å². The van der Waals surface area contributed by atoms with Gasteiger partial charge in [-0.2, -0.15) is 0 Å². The Balaban J connectivity index is 0.899. The molecule has 3 amide bonds. The van der Waals surface area contributed by atoms with Crippen molar-refractivity contribution in [2.24, 2.45) is 5.92 Å². The van der Waals surface area contributed by atoms with Crippen molar-refractivity contribution in [3.05, 3.63) is 94.8 Å². The fourth-order valence-electron chi connectivity index (χ4n) is 7.98. The number of aromatic nitrogens is 1. The lowest BCUT2D eigenvalue weighted by molar-refractivity contribution is -0.140. The Hall–Kier alpha value is -5.02. The lowest BCUT2D eigenvalue weighted by Crippen LogP contribution is -2.46. The number of aromatic hydroxyl groups is 1. The average Bonchev–Trinajstić information content (AvgIpc) is 3.24. The number of H-pyrrole nitrogens is 1. The van der Waals surface area contributed by atoms with Gasteiger partial charge in [0.1, 0.15) is 11.9 Å². The van der Waals surface area contributed by atoms with Gasteiger partial charge in [0.05, 0.1) is 17.3 Å². The standard InChI is InChI=1S/C47H64N6O7Si/c1-47(2,3)61(5,6)60-41(37-16-18-40(54)44-38(37)17-19-42(55)50-44)32-48-25-31-51(4)45(57)34-20-29-53(30-21-34)43(56)24-28-52-26-22-35(23-27-52)59-46(58)49-39-15-11-10-14-36(39)33-12-8-7-9-13-33/h7-19,34-35,41,48,54H,20-32H2,1-6H3,(H,49,58)(H,50,55)/t41-/m0/s1. The fraction of sp³-hybridized carbons (Fsp3) is 0.489. The topological polar surface area (TPSA) is 157 Å². The van der Waals surface area contributed by atoms with Crippen molar-refractivity contribution in [3.63, 3.8) is 0 Å². The van der Waals surface area contributed by atoms with Crippen molar-refractivity contribution < 1.29 is 28.7 Å². The number of para-hydroxylation sites is 1. The third-order valence-electron chi connectivity index (χ3n) is 12.7. The molecule has 0 unspecified atom stereocenters. The summed E-state index contributed by atoms with van der Waals surface area (Å²) in [5.41, 5.74) is 3.64. The normalized spacial score (nSPS) is 16.3. The number of aromatic amines is 1. The molecule has 13 nitrogen and oxygen atoms in total. The summed E-state index contributed by atoms with van der Waals surface area (Å²) in [6, 6.07) is 24.3. The van der Waals surface area contributed by atoms with Gasteiger partial charge in [0, 0.05) is 88.8 Å². The van der Waals surface area contributed by atoms with E-state index in [4.69, 9.17) is 9.16 Å². The molecule has 0 aliphatic carbocycles. The molecule has 6 rings (SSSR count). The van der Waals surface area contributed by atoms with Gasteiger partial charge >= 0.3 is 6.09 Å². The maximum absolute atomic E-state index is 13.5. The molecule has 2 aliphatic heterocycles. The molecular formula is C47H64N6O7Si. The highest BCUT2D eigenvalue weighted by Crippen LogP contribution is 2.41. The number of ether oxygens (including phenoxy) is 1. The second kappa shape index (κ2) is 20.2. The number of hydrogen-bond acceptors (Lipinski definition) is 9. The molecule has 0 spiro atoms. The van der Waals surface area contributed by atoms with E-state index in [1.807, 2.05) is 72.6 Å². The van der Waals surface area contributed by atoms with E-state index in [0.29, 0.717) is 82.6 Å². The lowest BCUT2D eigenvalue weighted by atomic mass is 9.95. The SMILES string of the molecule is CN(CCNC[C@H](O[Si](C)(C)C(C)(C)C)c1ccc(O)c2[nH]c(=O)ccc12)C(=O)C1CCN(C(=O)CCN2CCC(OC(=O)Nc3ccccc3-c3ccccc3)CC2)CC1. The van der Waals surface area contributed by atoms with Gasteiger partial charge in [0.2, 0.25) is 17.4 Å². The van der Waals surface area contributed by atoms with Crippen molar-refractivity contribution in [3.8, 4) is 16.9 Å². The van der Waals surface area contributed by atoms with Crippen molar-refractivity contribution in [1.82, 2.24) is 25.0 Å². The number of hydrogen-bond donors (Lipinski definition) is 4. The van der Waals surface area contributed by atoms with Crippen molar-refractivity contribution in [2.45, 2.75) is 83.2 Å². The summed E-state index contributed by atoms with van der Waals surface area (Å²) in [5, 5.41) is 17.7. The van der Waals surface area contributed by atoms with Crippen molar-refractivity contribution in [2.75, 3.05) is 64.7 Å². The van der Waals surface area contributed by atoms with Gasteiger partial charge in [-0.25, -0.2) is 4.79 Å². The van der Waals surface area contributed by atoms with E-state index in [-0.39, 0.29) is 46.3 Å². The van der Waals surface area contributed by atoms with Crippen molar-refractivity contribution >= 4 is 42.8 Å². The number of rotatable bonds is 15. The van der Waals surface area contributed by atoms with Gasteiger partial charge < -0.3 is 39.3 Å². The van der Waals surface area contributed by atoms with Crippen molar-refractivity contribution in [1.29, 1.82) is 0 Å². The third kappa shape index (κ3) is 11.9. The van der Waals surface area contributed by atoms with Gasteiger partial charge in [-0.15, -0.1) is 0 Å². The molecule has 2 saturated heterocycles. The molecule has 1 atom stereocenters. The molecule has 4 aromatic rings. The maximum Gasteiger partial charge on any atom is 0.411 e. The molecule has 2 fully saturated rings. The molecule has 328 valence electrons. The Bertz CT molecular complexity index is 2180. The Morgan fingerprint density at radius 3 is 2.31 bits per heavy atom. The van der Waals surface area contributed by atoms with E-state index in [1.165, 1.54) is 6.07 Å². The first kappa shape index (κ1) is 45.5. The lowest BCUT2D eigenvalue weighted by Gasteiger charge is -2.39. The minimum absolute atomic E-state index is 0.00961. The van der Waals surface area contributed by atoms with E-state index < -0.39 is 14.4 Å². The largest absolute Gasteiger partial charge is 0.506 e. The van der Waals surface area contributed by atoms with Crippen LogP contribution in [0, 0.1) is 5.92 Å². The first-order chi connectivity index (χ1) is 29.1. The summed E-state index contributed by atoms with van der Waals surface area (Å²) < 4.78 is 12.7. The van der Waals surface area contributed by atoms with E-state index >= 15 is 0 Å². The summed E-state index contributed by atoms with van der Waals surface area (Å²) in [5.74, 6) is 0.0869. The van der Waals surface area contributed by atoms with Crippen LogP contribution < -0.4 is 16.2 Å². The monoisotopic (exact) mass is 852 g/mol. The number of likely N-dealkylation sites (N-methyl/N-ethyl adjacent to an activating group) is 1. The van der Waals surface area contributed by atoms with Crippen LogP contribution in [-0.4, -0.2) is 117 Å². The highest BCUT2D eigenvalue weighted by Gasteiger charge is 2.40. The fourth-order valence-corrected chi connectivity index (χ4v) is 9.25. The number of phenols is 1. The molecule has 0 saturated carbocycles. The minimum atomic E-state index is -2.23. The van der Waals surface area contributed by atoms with E-state index in [1.54, 1.807) is 17.0 Å². The zero-order valence-corrected chi connectivity index (χ0v) is 37.7. The Kier molecular flexibility index (Phi) is 15.1. The predicted molar refractivity (Wildman–Crippen MR) is 243 cm³/mol. The summed E-state index contributed by atoms with van der Waals surface area (Å²) >= 11 is 0. The zero-order valence-electron chi connectivity index (χ0n) is 36.7. The molecule has 0 radical (unpaired) electrons. The molecule has 3 aromatic carbocycles. The van der Waals surface area contributed by atoms with Crippen LogP contribution in [0.4, 0.5) is 10.5 Å². The number of nitrogens with one attached hydrogen (secondary N) is 3. The maximum atomic E-state index is 13.5. The van der Waals surface area contributed by atoms with Crippen LogP contribution in [0.2, 0.25) is 18.1 Å². The quantitative estimate of drug-likeness (QED) is 0.0710. The number of piperidine rings is 2. The second-order valence-electron chi connectivity index (χ2n) is 18.0. The first-order valence-electron chi connectivity index (χ1n) is 21.7. The van der Waals surface area contributed by atoms with Crippen LogP contribution in [0.1, 0.15) is 64.5 Å². The number of likely N-dealkylation sites (tertiary alicyclic amines) is 2. The molecule has 3 heterocycles.